The summed E-state index contributed by atoms with van der Waals surface area (Å²) in [5.41, 5.74) is 0. The van der Waals surface area contributed by atoms with Gasteiger partial charge in [-0.1, -0.05) is 93.9 Å². The van der Waals surface area contributed by atoms with Crippen LogP contribution in [0.4, 0.5) is 0 Å². The van der Waals surface area contributed by atoms with Gasteiger partial charge in [-0.3, -0.25) is 4.79 Å². The van der Waals surface area contributed by atoms with Crippen molar-refractivity contribution in [3.63, 3.8) is 0 Å². The first-order valence-electron chi connectivity index (χ1n) is 19.4. The van der Waals surface area contributed by atoms with Crippen LogP contribution in [0.15, 0.2) is 60.8 Å². The van der Waals surface area contributed by atoms with E-state index in [4.69, 9.17) is 28.4 Å². The van der Waals surface area contributed by atoms with Crippen LogP contribution in [0.2, 0.25) is 0 Å². The summed E-state index contributed by atoms with van der Waals surface area (Å²) in [5, 5.41) is 71.4. The van der Waals surface area contributed by atoms with Gasteiger partial charge >= 0.3 is 5.97 Å². The number of rotatable bonds is 27. The number of carbonyl (C=O) groups is 1. The van der Waals surface area contributed by atoms with Gasteiger partial charge in [0.1, 0.15) is 54.9 Å². The number of hydrogen-bond acceptors (Lipinski definition) is 14. The molecule has 2 saturated heterocycles. The van der Waals surface area contributed by atoms with Crippen molar-refractivity contribution < 1.29 is 69.0 Å². The van der Waals surface area contributed by atoms with Crippen molar-refractivity contribution >= 4 is 5.97 Å². The molecular formula is C40H66O14. The Morgan fingerprint density at radius 3 is 1.74 bits per heavy atom. The van der Waals surface area contributed by atoms with Crippen LogP contribution in [0.1, 0.15) is 84.5 Å². The fraction of sp³-hybridized carbons (Fsp3) is 0.725. The van der Waals surface area contributed by atoms with Crippen LogP contribution in [0.3, 0.4) is 0 Å². The third kappa shape index (κ3) is 18.5. The molecule has 0 spiro atoms. The molecule has 0 aromatic rings. The van der Waals surface area contributed by atoms with Gasteiger partial charge in [0, 0.05) is 6.42 Å². The lowest BCUT2D eigenvalue weighted by molar-refractivity contribution is -0.332. The van der Waals surface area contributed by atoms with Gasteiger partial charge in [-0.2, -0.15) is 0 Å². The average Bonchev–Trinajstić information content (AvgIpc) is 3.17. The van der Waals surface area contributed by atoms with Crippen molar-refractivity contribution in [2.75, 3.05) is 33.0 Å². The van der Waals surface area contributed by atoms with Gasteiger partial charge in [0.05, 0.1) is 33.0 Å². The summed E-state index contributed by atoms with van der Waals surface area (Å²) in [5.74, 6) is -0.424. The lowest BCUT2D eigenvalue weighted by atomic mass is 9.98. The molecule has 0 aromatic heterocycles. The predicted octanol–water partition coefficient (Wildman–Crippen LogP) is 2.67. The minimum Gasteiger partial charge on any atom is -0.457 e. The summed E-state index contributed by atoms with van der Waals surface area (Å²) < 4.78 is 33.6. The van der Waals surface area contributed by atoms with Crippen LogP contribution in [0.25, 0.3) is 0 Å². The number of ether oxygens (including phenoxy) is 6. The van der Waals surface area contributed by atoms with E-state index in [0.29, 0.717) is 19.4 Å². The van der Waals surface area contributed by atoms with E-state index < -0.39 is 86.7 Å². The molecule has 2 aliphatic rings. The summed E-state index contributed by atoms with van der Waals surface area (Å²) in [7, 11) is 0. The molecule has 0 aromatic carbocycles. The Labute approximate surface area is 320 Å². The first-order chi connectivity index (χ1) is 26.1. The van der Waals surface area contributed by atoms with Gasteiger partial charge in [-0.25, -0.2) is 0 Å². The lowest BCUT2D eigenvalue weighted by Crippen LogP contribution is -2.61. The molecule has 2 aliphatic heterocycles. The zero-order valence-electron chi connectivity index (χ0n) is 31.9. The number of unbranched alkanes of at least 4 members (excludes halogenated alkanes) is 3. The van der Waals surface area contributed by atoms with Crippen molar-refractivity contribution in [1.29, 1.82) is 0 Å². The van der Waals surface area contributed by atoms with Crippen LogP contribution in [0.5, 0.6) is 0 Å². The zero-order valence-corrected chi connectivity index (χ0v) is 31.9. The number of hydrogen-bond donors (Lipinski definition) is 7. The molecule has 0 amide bonds. The lowest BCUT2D eigenvalue weighted by Gasteiger charge is -2.42. The molecule has 54 heavy (non-hydrogen) atoms. The summed E-state index contributed by atoms with van der Waals surface area (Å²) in [6.07, 6.45) is 14.0. The van der Waals surface area contributed by atoms with Gasteiger partial charge in [0.25, 0.3) is 0 Å². The van der Waals surface area contributed by atoms with Gasteiger partial charge in [0.2, 0.25) is 0 Å². The van der Waals surface area contributed by atoms with Gasteiger partial charge < -0.3 is 64.2 Å². The van der Waals surface area contributed by atoms with E-state index in [2.05, 4.69) is 62.5 Å². The molecule has 7 N–H and O–H groups in total. The monoisotopic (exact) mass is 770 g/mol. The van der Waals surface area contributed by atoms with Crippen LogP contribution < -0.4 is 0 Å². The topological polar surface area (TPSA) is 214 Å². The molecule has 14 heteroatoms. The molecule has 2 rings (SSSR count). The Balaban J connectivity index is 1.83. The largest absolute Gasteiger partial charge is 0.457 e. The van der Waals surface area contributed by atoms with Crippen molar-refractivity contribution in [1.82, 2.24) is 0 Å². The molecule has 11 atom stereocenters. The van der Waals surface area contributed by atoms with E-state index in [0.717, 1.165) is 51.4 Å². The Hall–Kier alpha value is -2.31. The molecule has 0 radical (unpaired) electrons. The first-order valence-corrected chi connectivity index (χ1v) is 19.4. The summed E-state index contributed by atoms with van der Waals surface area (Å²) in [4.78, 5) is 12.6. The van der Waals surface area contributed by atoms with E-state index in [1.54, 1.807) is 0 Å². The highest BCUT2D eigenvalue weighted by atomic mass is 16.7. The predicted molar refractivity (Wildman–Crippen MR) is 201 cm³/mol. The van der Waals surface area contributed by atoms with E-state index in [1.807, 2.05) is 12.2 Å². The maximum Gasteiger partial charge on any atom is 0.306 e. The molecule has 2 fully saturated rings. The molecule has 0 aliphatic carbocycles. The molecule has 0 saturated carbocycles. The van der Waals surface area contributed by atoms with E-state index >= 15 is 0 Å². The maximum absolute atomic E-state index is 12.6. The minimum absolute atomic E-state index is 0.00302. The maximum atomic E-state index is 12.6. The second kappa shape index (κ2) is 29.0. The summed E-state index contributed by atoms with van der Waals surface area (Å²) in [6, 6.07) is 0. The highest BCUT2D eigenvalue weighted by Crippen LogP contribution is 2.26. The van der Waals surface area contributed by atoms with Crippen LogP contribution in [-0.2, 0) is 33.2 Å². The van der Waals surface area contributed by atoms with Crippen molar-refractivity contribution in [3.05, 3.63) is 60.8 Å². The van der Waals surface area contributed by atoms with Crippen molar-refractivity contribution in [2.24, 2.45) is 0 Å². The Morgan fingerprint density at radius 1 is 0.630 bits per heavy atom. The second-order valence-corrected chi connectivity index (χ2v) is 13.4. The quantitative estimate of drug-likeness (QED) is 0.0364. The third-order valence-corrected chi connectivity index (χ3v) is 8.81. The Kier molecular flexibility index (Phi) is 25.7. The normalized spacial score (nSPS) is 30.1. The third-order valence-electron chi connectivity index (χ3n) is 8.81. The van der Waals surface area contributed by atoms with Crippen molar-refractivity contribution in [2.45, 2.75) is 152 Å². The number of carbonyl (C=O) groups excluding carboxylic acids is 1. The number of aliphatic hydroxyl groups excluding tert-OH is 7. The van der Waals surface area contributed by atoms with Gasteiger partial charge in [-0.15, -0.1) is 0 Å². The highest BCUT2D eigenvalue weighted by molar-refractivity contribution is 5.69. The standard InChI is InChI=1S/C40H66O14/c1-3-5-7-9-10-11-12-13-14-15-16-17-18-19-20-22-24-49-26-29(52-32(42)23-21-8-6-4-2)27-50-39-38(48)36(46)34(44)31(54-39)28-51-40-37(47)35(45)33(43)30(25-41)53-40/h5,7,10-11,13-14,16-17,19-20,29-31,33-41,43-48H,3-4,6,8-9,12,15,18,21-28H2,1-2H3/b7-5-,11-10-,14-13-,17-16-,20-19-. The first kappa shape index (κ1) is 47.8. The summed E-state index contributed by atoms with van der Waals surface area (Å²) in [6.45, 7) is 3.15. The molecule has 2 heterocycles. The molecule has 14 nitrogen and oxygen atoms in total. The number of allylic oxidation sites excluding steroid dienone is 9. The fourth-order valence-corrected chi connectivity index (χ4v) is 5.58. The Bertz CT molecular complexity index is 1120. The number of aliphatic hydroxyl groups is 7. The molecular weight excluding hydrogens is 704 g/mol. The van der Waals surface area contributed by atoms with Gasteiger partial charge in [-0.05, 0) is 44.9 Å². The summed E-state index contributed by atoms with van der Waals surface area (Å²) >= 11 is 0. The molecule has 11 unspecified atom stereocenters. The minimum atomic E-state index is -1.72. The van der Waals surface area contributed by atoms with E-state index in [-0.39, 0.29) is 19.6 Å². The zero-order chi connectivity index (χ0) is 39.6. The average molecular weight is 771 g/mol. The molecule has 0 bridgehead atoms. The van der Waals surface area contributed by atoms with Crippen LogP contribution in [-0.4, -0.2) is 142 Å². The van der Waals surface area contributed by atoms with Crippen LogP contribution in [0, 0.1) is 0 Å². The SMILES string of the molecule is CC/C=C\C/C=C\C/C=C\C/C=C\C/C=C\CCOCC(COC1OC(COC2OC(CO)C(O)C(O)C2O)C(O)C(O)C1O)OC(=O)CCCCCC. The van der Waals surface area contributed by atoms with E-state index in [9.17, 15) is 40.5 Å². The smallest absolute Gasteiger partial charge is 0.306 e. The van der Waals surface area contributed by atoms with Crippen LogP contribution >= 0.6 is 0 Å². The highest BCUT2D eigenvalue weighted by Gasteiger charge is 2.47. The Morgan fingerprint density at radius 2 is 1.17 bits per heavy atom. The fourth-order valence-electron chi connectivity index (χ4n) is 5.58. The van der Waals surface area contributed by atoms with Gasteiger partial charge in [0.15, 0.2) is 12.6 Å². The van der Waals surface area contributed by atoms with E-state index in [1.165, 1.54) is 0 Å². The second-order valence-electron chi connectivity index (χ2n) is 13.4. The number of esters is 1. The van der Waals surface area contributed by atoms with Crippen molar-refractivity contribution in [3.8, 4) is 0 Å². The molecule has 310 valence electrons.